The van der Waals surface area contributed by atoms with Gasteiger partial charge in [0, 0.05) is 44.5 Å². The number of hydrogen-bond donors (Lipinski definition) is 1. The summed E-state index contributed by atoms with van der Waals surface area (Å²) in [5.74, 6) is 0. The molecule has 2 rings (SSSR count). The van der Waals surface area contributed by atoms with Crippen molar-refractivity contribution in [3.63, 3.8) is 0 Å². The van der Waals surface area contributed by atoms with Gasteiger partial charge >= 0.3 is 0 Å². The molecule has 1 saturated heterocycles. The maximum absolute atomic E-state index is 4.38. The molecule has 1 fully saturated rings. The minimum absolute atomic E-state index is 0.447. The van der Waals surface area contributed by atoms with Crippen LogP contribution in [0.5, 0.6) is 0 Å². The zero-order chi connectivity index (χ0) is 11.5. The standard InChI is InChI=1S/C12H22N4/c1-10(2)16-12(4-5-14-16)9-15-7-6-13-8-11(15)3/h4-5,10-11,13H,6-9H2,1-3H3. The van der Waals surface area contributed by atoms with E-state index in [1.54, 1.807) is 0 Å². The molecule has 90 valence electrons. The highest BCUT2D eigenvalue weighted by Gasteiger charge is 2.19. The minimum Gasteiger partial charge on any atom is -0.314 e. The van der Waals surface area contributed by atoms with E-state index in [2.05, 4.69) is 46.8 Å². The summed E-state index contributed by atoms with van der Waals surface area (Å²) >= 11 is 0. The van der Waals surface area contributed by atoms with E-state index in [1.165, 1.54) is 5.69 Å². The Morgan fingerprint density at radius 3 is 3.06 bits per heavy atom. The summed E-state index contributed by atoms with van der Waals surface area (Å²) in [6.07, 6.45) is 1.90. The Morgan fingerprint density at radius 1 is 1.56 bits per heavy atom. The topological polar surface area (TPSA) is 33.1 Å². The first kappa shape index (κ1) is 11.6. The molecule has 0 aliphatic carbocycles. The average Bonchev–Trinajstić information content (AvgIpc) is 2.69. The third-order valence-corrected chi connectivity index (χ3v) is 3.25. The van der Waals surface area contributed by atoms with Crippen LogP contribution in [0.3, 0.4) is 0 Å². The van der Waals surface area contributed by atoms with Gasteiger partial charge in [0.25, 0.3) is 0 Å². The van der Waals surface area contributed by atoms with E-state index in [0.29, 0.717) is 12.1 Å². The molecule has 1 aromatic heterocycles. The highest BCUT2D eigenvalue weighted by atomic mass is 15.3. The SMILES string of the molecule is CC1CNCCN1Cc1ccnn1C(C)C. The quantitative estimate of drug-likeness (QED) is 0.836. The fraction of sp³-hybridized carbons (Fsp3) is 0.750. The van der Waals surface area contributed by atoms with Gasteiger partial charge in [-0.25, -0.2) is 0 Å². The molecule has 0 saturated carbocycles. The summed E-state index contributed by atoms with van der Waals surface area (Å²) in [6.45, 7) is 11.0. The molecule has 1 aromatic rings. The molecule has 16 heavy (non-hydrogen) atoms. The monoisotopic (exact) mass is 222 g/mol. The van der Waals surface area contributed by atoms with Crippen molar-refractivity contribution in [1.29, 1.82) is 0 Å². The molecular formula is C12H22N4. The van der Waals surface area contributed by atoms with Gasteiger partial charge < -0.3 is 5.32 Å². The van der Waals surface area contributed by atoms with Gasteiger partial charge in [-0.2, -0.15) is 5.10 Å². The Balaban J connectivity index is 2.04. The number of nitrogens with one attached hydrogen (secondary N) is 1. The van der Waals surface area contributed by atoms with Crippen molar-refractivity contribution in [2.45, 2.75) is 39.4 Å². The predicted octanol–water partition coefficient (Wildman–Crippen LogP) is 1.26. The molecule has 1 aliphatic heterocycles. The van der Waals surface area contributed by atoms with Crippen molar-refractivity contribution in [3.05, 3.63) is 18.0 Å². The second-order valence-corrected chi connectivity index (χ2v) is 4.88. The Kier molecular flexibility index (Phi) is 3.61. The maximum atomic E-state index is 4.38. The van der Waals surface area contributed by atoms with Crippen LogP contribution in [0.15, 0.2) is 12.3 Å². The zero-order valence-corrected chi connectivity index (χ0v) is 10.5. The van der Waals surface area contributed by atoms with E-state index in [4.69, 9.17) is 0 Å². The molecule has 1 unspecified atom stereocenters. The molecule has 4 nitrogen and oxygen atoms in total. The highest BCUT2D eigenvalue weighted by Crippen LogP contribution is 2.13. The summed E-state index contributed by atoms with van der Waals surface area (Å²) in [7, 11) is 0. The number of aromatic nitrogens is 2. The van der Waals surface area contributed by atoms with Crippen LogP contribution < -0.4 is 5.32 Å². The van der Waals surface area contributed by atoms with Crippen LogP contribution in [0.1, 0.15) is 32.5 Å². The summed E-state index contributed by atoms with van der Waals surface area (Å²) in [5, 5.41) is 7.80. The molecular weight excluding hydrogens is 200 g/mol. The molecule has 1 atom stereocenters. The Hall–Kier alpha value is -0.870. The summed E-state index contributed by atoms with van der Waals surface area (Å²) in [5.41, 5.74) is 1.32. The van der Waals surface area contributed by atoms with Gasteiger partial charge in [0.2, 0.25) is 0 Å². The van der Waals surface area contributed by atoms with Gasteiger partial charge in [-0.05, 0) is 26.8 Å². The number of piperazine rings is 1. The van der Waals surface area contributed by atoms with Crippen LogP contribution >= 0.6 is 0 Å². The first-order chi connectivity index (χ1) is 7.68. The van der Waals surface area contributed by atoms with E-state index >= 15 is 0 Å². The lowest BCUT2D eigenvalue weighted by atomic mass is 10.2. The van der Waals surface area contributed by atoms with Crippen molar-refractivity contribution >= 4 is 0 Å². The van der Waals surface area contributed by atoms with Crippen LogP contribution in [0.2, 0.25) is 0 Å². The van der Waals surface area contributed by atoms with E-state index < -0.39 is 0 Å². The average molecular weight is 222 g/mol. The van der Waals surface area contributed by atoms with Gasteiger partial charge in [0.05, 0.1) is 5.69 Å². The fourth-order valence-corrected chi connectivity index (χ4v) is 2.26. The molecule has 2 heterocycles. The second-order valence-electron chi connectivity index (χ2n) is 4.88. The van der Waals surface area contributed by atoms with E-state index in [9.17, 15) is 0 Å². The Morgan fingerprint density at radius 2 is 2.38 bits per heavy atom. The normalized spacial score (nSPS) is 22.9. The van der Waals surface area contributed by atoms with Crippen LogP contribution in [-0.4, -0.2) is 40.4 Å². The number of hydrogen-bond acceptors (Lipinski definition) is 3. The van der Waals surface area contributed by atoms with Gasteiger partial charge in [-0.15, -0.1) is 0 Å². The Labute approximate surface area is 97.6 Å². The van der Waals surface area contributed by atoms with Crippen LogP contribution in [0, 0.1) is 0 Å². The van der Waals surface area contributed by atoms with Crippen LogP contribution in [-0.2, 0) is 6.54 Å². The number of rotatable bonds is 3. The highest BCUT2D eigenvalue weighted by molar-refractivity contribution is 5.02. The lowest BCUT2D eigenvalue weighted by Gasteiger charge is -2.34. The van der Waals surface area contributed by atoms with Crippen molar-refractivity contribution in [1.82, 2.24) is 20.0 Å². The minimum atomic E-state index is 0.447. The molecule has 1 N–H and O–H groups in total. The summed E-state index contributed by atoms with van der Waals surface area (Å²) in [4.78, 5) is 2.52. The third-order valence-electron chi connectivity index (χ3n) is 3.25. The van der Waals surface area contributed by atoms with E-state index in [-0.39, 0.29) is 0 Å². The molecule has 1 aliphatic rings. The van der Waals surface area contributed by atoms with Crippen molar-refractivity contribution in [2.75, 3.05) is 19.6 Å². The third kappa shape index (κ3) is 2.44. The van der Waals surface area contributed by atoms with Gasteiger partial charge in [-0.3, -0.25) is 9.58 Å². The van der Waals surface area contributed by atoms with Gasteiger partial charge in [0.1, 0.15) is 0 Å². The van der Waals surface area contributed by atoms with Gasteiger partial charge in [0.15, 0.2) is 0 Å². The fourth-order valence-electron chi connectivity index (χ4n) is 2.26. The lowest BCUT2D eigenvalue weighted by Crippen LogP contribution is -2.49. The largest absolute Gasteiger partial charge is 0.314 e. The van der Waals surface area contributed by atoms with Crippen molar-refractivity contribution < 1.29 is 0 Å². The van der Waals surface area contributed by atoms with Crippen molar-refractivity contribution in [3.8, 4) is 0 Å². The molecule has 0 bridgehead atoms. The lowest BCUT2D eigenvalue weighted by molar-refractivity contribution is 0.160. The van der Waals surface area contributed by atoms with E-state index in [0.717, 1.165) is 26.2 Å². The molecule has 0 radical (unpaired) electrons. The zero-order valence-electron chi connectivity index (χ0n) is 10.5. The first-order valence-corrected chi connectivity index (χ1v) is 6.15. The molecule has 0 spiro atoms. The molecule has 0 amide bonds. The maximum Gasteiger partial charge on any atom is 0.0527 e. The molecule has 4 heteroatoms. The van der Waals surface area contributed by atoms with Crippen LogP contribution in [0.25, 0.3) is 0 Å². The van der Waals surface area contributed by atoms with Gasteiger partial charge in [-0.1, -0.05) is 0 Å². The van der Waals surface area contributed by atoms with Crippen LogP contribution in [0.4, 0.5) is 0 Å². The smallest absolute Gasteiger partial charge is 0.0527 e. The number of nitrogens with zero attached hydrogens (tertiary/aromatic N) is 3. The summed E-state index contributed by atoms with van der Waals surface area (Å²) < 4.78 is 2.12. The molecule has 0 aromatic carbocycles. The first-order valence-electron chi connectivity index (χ1n) is 6.15. The predicted molar refractivity (Wildman–Crippen MR) is 65.4 cm³/mol. The summed E-state index contributed by atoms with van der Waals surface area (Å²) in [6, 6.07) is 3.20. The van der Waals surface area contributed by atoms with Crippen molar-refractivity contribution in [2.24, 2.45) is 0 Å². The second kappa shape index (κ2) is 4.97. The Bertz CT molecular complexity index is 332. The van der Waals surface area contributed by atoms with E-state index in [1.807, 2.05) is 6.20 Å².